The summed E-state index contributed by atoms with van der Waals surface area (Å²) in [6, 6.07) is 4.83. The maximum atomic E-state index is 12.8. The minimum Gasteiger partial charge on any atom is -0.448 e. The standard InChI is InChI=1S/C11H6ClFN2O3/c12-8-5-7(13)1-2-10(8)18-11-3-4-14-6-9(11)15(16)17/h1-6H. The van der Waals surface area contributed by atoms with Crippen molar-refractivity contribution in [1.82, 2.24) is 4.98 Å². The van der Waals surface area contributed by atoms with Crippen LogP contribution < -0.4 is 4.74 Å². The third-order valence-corrected chi connectivity index (χ3v) is 2.37. The fourth-order valence-electron chi connectivity index (χ4n) is 1.27. The molecule has 1 aromatic heterocycles. The maximum Gasteiger partial charge on any atom is 0.329 e. The van der Waals surface area contributed by atoms with E-state index in [1.54, 1.807) is 0 Å². The number of nitrogens with zero attached hydrogens (tertiary/aromatic N) is 2. The van der Waals surface area contributed by atoms with Crippen molar-refractivity contribution in [3.63, 3.8) is 0 Å². The lowest BCUT2D eigenvalue weighted by molar-refractivity contribution is -0.386. The van der Waals surface area contributed by atoms with Gasteiger partial charge < -0.3 is 4.74 Å². The van der Waals surface area contributed by atoms with Crippen LogP contribution in [0, 0.1) is 15.9 Å². The summed E-state index contributed by atoms with van der Waals surface area (Å²) in [5.41, 5.74) is -0.294. The van der Waals surface area contributed by atoms with Crippen molar-refractivity contribution in [2.75, 3.05) is 0 Å². The second-order valence-electron chi connectivity index (χ2n) is 3.28. The van der Waals surface area contributed by atoms with Crippen LogP contribution in [0.1, 0.15) is 0 Å². The van der Waals surface area contributed by atoms with E-state index in [-0.39, 0.29) is 22.2 Å². The Bertz CT molecular complexity index is 607. The van der Waals surface area contributed by atoms with Crippen molar-refractivity contribution in [3.8, 4) is 11.5 Å². The van der Waals surface area contributed by atoms with E-state index in [4.69, 9.17) is 16.3 Å². The topological polar surface area (TPSA) is 65.3 Å². The fraction of sp³-hybridized carbons (Fsp3) is 0. The Labute approximate surface area is 106 Å². The average Bonchev–Trinajstić information content (AvgIpc) is 2.33. The number of ether oxygens (including phenoxy) is 1. The molecule has 2 aromatic rings. The summed E-state index contributed by atoms with van der Waals surface area (Å²) in [6.45, 7) is 0. The summed E-state index contributed by atoms with van der Waals surface area (Å²) in [5, 5.41) is 10.8. The molecule has 0 radical (unpaired) electrons. The lowest BCUT2D eigenvalue weighted by Gasteiger charge is -2.07. The molecule has 1 aromatic carbocycles. The first-order valence-electron chi connectivity index (χ1n) is 4.79. The van der Waals surface area contributed by atoms with Crippen molar-refractivity contribution < 1.29 is 14.1 Å². The summed E-state index contributed by atoms with van der Waals surface area (Å²) in [5.74, 6) is -0.396. The molecule has 5 nitrogen and oxygen atoms in total. The van der Waals surface area contributed by atoms with Gasteiger partial charge in [-0.25, -0.2) is 4.39 Å². The van der Waals surface area contributed by atoms with Gasteiger partial charge in [-0.2, -0.15) is 0 Å². The molecule has 0 saturated heterocycles. The van der Waals surface area contributed by atoms with Crippen LogP contribution in [-0.4, -0.2) is 9.91 Å². The molecule has 2 rings (SSSR count). The number of nitro groups is 1. The lowest BCUT2D eigenvalue weighted by Crippen LogP contribution is -1.94. The van der Waals surface area contributed by atoms with Crippen LogP contribution in [0.25, 0.3) is 0 Å². The van der Waals surface area contributed by atoms with E-state index in [1.165, 1.54) is 18.3 Å². The molecular formula is C11H6ClFN2O3. The van der Waals surface area contributed by atoms with E-state index in [0.717, 1.165) is 18.3 Å². The molecule has 1 heterocycles. The van der Waals surface area contributed by atoms with Crippen molar-refractivity contribution >= 4 is 17.3 Å². The highest BCUT2D eigenvalue weighted by molar-refractivity contribution is 6.32. The molecule has 0 aliphatic heterocycles. The van der Waals surface area contributed by atoms with Crippen LogP contribution in [0.2, 0.25) is 5.02 Å². The van der Waals surface area contributed by atoms with E-state index in [9.17, 15) is 14.5 Å². The van der Waals surface area contributed by atoms with Gasteiger partial charge in [0.1, 0.15) is 17.8 Å². The maximum absolute atomic E-state index is 12.8. The van der Waals surface area contributed by atoms with Crippen LogP contribution in [0.3, 0.4) is 0 Å². The Kier molecular flexibility index (Phi) is 3.38. The molecule has 0 aliphatic carbocycles. The molecule has 7 heteroatoms. The first-order chi connectivity index (χ1) is 8.58. The number of pyridine rings is 1. The average molecular weight is 269 g/mol. The minimum atomic E-state index is -0.625. The molecule has 18 heavy (non-hydrogen) atoms. The summed E-state index contributed by atoms with van der Waals surface area (Å²) in [7, 11) is 0. The molecule has 0 atom stereocenters. The fourth-order valence-corrected chi connectivity index (χ4v) is 1.48. The molecule has 0 amide bonds. The Hall–Kier alpha value is -2.21. The Balaban J connectivity index is 2.37. The Morgan fingerprint density at radius 2 is 2.11 bits per heavy atom. The van der Waals surface area contributed by atoms with E-state index < -0.39 is 10.7 Å². The monoisotopic (exact) mass is 268 g/mol. The predicted octanol–water partition coefficient (Wildman–Crippen LogP) is 3.57. The number of rotatable bonds is 3. The molecule has 0 aliphatic rings. The highest BCUT2D eigenvalue weighted by Gasteiger charge is 2.16. The van der Waals surface area contributed by atoms with Gasteiger partial charge in [-0.1, -0.05) is 11.6 Å². The summed E-state index contributed by atoms with van der Waals surface area (Å²) in [4.78, 5) is 13.7. The lowest BCUT2D eigenvalue weighted by atomic mass is 10.3. The third-order valence-electron chi connectivity index (χ3n) is 2.07. The van der Waals surface area contributed by atoms with Crippen molar-refractivity contribution in [3.05, 3.63) is 57.6 Å². The smallest absolute Gasteiger partial charge is 0.329 e. The van der Waals surface area contributed by atoms with Crippen LogP contribution >= 0.6 is 11.6 Å². The zero-order valence-corrected chi connectivity index (χ0v) is 9.60. The van der Waals surface area contributed by atoms with Crippen molar-refractivity contribution in [2.45, 2.75) is 0 Å². The summed E-state index contributed by atoms with van der Waals surface area (Å²) < 4.78 is 18.1. The Morgan fingerprint density at radius 1 is 1.33 bits per heavy atom. The van der Waals surface area contributed by atoms with Crippen LogP contribution in [0.4, 0.5) is 10.1 Å². The van der Waals surface area contributed by atoms with E-state index >= 15 is 0 Å². The molecule has 0 saturated carbocycles. The predicted molar refractivity (Wildman–Crippen MR) is 62.4 cm³/mol. The van der Waals surface area contributed by atoms with Gasteiger partial charge in [0.2, 0.25) is 5.75 Å². The normalized spacial score (nSPS) is 10.1. The number of aromatic nitrogens is 1. The molecule has 0 fully saturated rings. The second-order valence-corrected chi connectivity index (χ2v) is 3.68. The SMILES string of the molecule is O=[N+]([O-])c1cnccc1Oc1ccc(F)cc1Cl. The molecular weight excluding hydrogens is 263 g/mol. The number of hydrogen-bond acceptors (Lipinski definition) is 4. The zero-order chi connectivity index (χ0) is 13.1. The number of benzene rings is 1. The molecule has 0 spiro atoms. The first-order valence-corrected chi connectivity index (χ1v) is 5.17. The quantitative estimate of drug-likeness (QED) is 0.630. The van der Waals surface area contributed by atoms with E-state index in [0.29, 0.717) is 0 Å². The highest BCUT2D eigenvalue weighted by Crippen LogP contribution is 2.34. The first kappa shape index (κ1) is 12.3. The second kappa shape index (κ2) is 4.97. The van der Waals surface area contributed by atoms with Crippen molar-refractivity contribution in [1.29, 1.82) is 0 Å². The number of hydrogen-bond donors (Lipinski definition) is 0. The molecule has 0 unspecified atom stereocenters. The van der Waals surface area contributed by atoms with E-state index in [2.05, 4.69) is 4.98 Å². The van der Waals surface area contributed by atoms with Gasteiger partial charge in [-0.3, -0.25) is 15.1 Å². The van der Waals surface area contributed by atoms with Gasteiger partial charge in [-0.15, -0.1) is 0 Å². The largest absolute Gasteiger partial charge is 0.448 e. The molecule has 0 bridgehead atoms. The zero-order valence-electron chi connectivity index (χ0n) is 8.84. The molecule has 0 N–H and O–H groups in total. The van der Waals surface area contributed by atoms with Crippen molar-refractivity contribution in [2.24, 2.45) is 0 Å². The van der Waals surface area contributed by atoms with E-state index in [1.807, 2.05) is 0 Å². The minimum absolute atomic E-state index is 0.0106. The van der Waals surface area contributed by atoms with Gasteiger partial charge in [0.15, 0.2) is 0 Å². The molecule has 92 valence electrons. The number of halogens is 2. The van der Waals surface area contributed by atoms with Gasteiger partial charge in [-0.05, 0) is 18.2 Å². The summed E-state index contributed by atoms with van der Waals surface area (Å²) in [6.07, 6.45) is 2.41. The van der Waals surface area contributed by atoms with Gasteiger partial charge in [0.25, 0.3) is 0 Å². The van der Waals surface area contributed by atoms with Crippen LogP contribution in [0.5, 0.6) is 11.5 Å². The Morgan fingerprint density at radius 3 is 2.78 bits per heavy atom. The highest BCUT2D eigenvalue weighted by atomic mass is 35.5. The van der Waals surface area contributed by atoms with Gasteiger partial charge >= 0.3 is 5.69 Å². The van der Waals surface area contributed by atoms with Gasteiger partial charge in [0.05, 0.1) is 9.95 Å². The van der Waals surface area contributed by atoms with Gasteiger partial charge in [0, 0.05) is 12.3 Å². The third kappa shape index (κ3) is 2.54. The summed E-state index contributed by atoms with van der Waals surface area (Å²) >= 11 is 5.76. The van der Waals surface area contributed by atoms with Crippen LogP contribution in [-0.2, 0) is 0 Å². The van der Waals surface area contributed by atoms with Crippen LogP contribution in [0.15, 0.2) is 36.7 Å².